The Kier molecular flexibility index (Phi) is 6.44. The van der Waals surface area contributed by atoms with Gasteiger partial charge in [-0.25, -0.2) is 8.42 Å². The quantitative estimate of drug-likeness (QED) is 0.712. The van der Waals surface area contributed by atoms with Crippen LogP contribution < -0.4 is 14.8 Å². The van der Waals surface area contributed by atoms with Crippen LogP contribution in [0.1, 0.15) is 26.3 Å². The lowest BCUT2D eigenvalue weighted by molar-refractivity contribution is -0.122. The molecule has 1 aliphatic heterocycles. The van der Waals surface area contributed by atoms with Gasteiger partial charge in [0.2, 0.25) is 10.0 Å². The number of rotatable bonds is 8. The first-order valence-electron chi connectivity index (χ1n) is 9.73. The molecule has 2 aromatic rings. The second-order valence-corrected chi connectivity index (χ2v) is 8.53. The number of ether oxygens (including phenoxy) is 2. The molecule has 0 bridgehead atoms. The van der Waals surface area contributed by atoms with Gasteiger partial charge in [-0.15, -0.1) is 0 Å². The Labute approximate surface area is 171 Å². The van der Waals surface area contributed by atoms with Gasteiger partial charge in [0.05, 0.1) is 17.2 Å². The van der Waals surface area contributed by atoms with Gasteiger partial charge in [0.25, 0.3) is 5.91 Å². The molecule has 1 N–H and O–H groups in total. The van der Waals surface area contributed by atoms with E-state index in [4.69, 9.17) is 9.47 Å². The third kappa shape index (κ3) is 4.38. The normalized spacial score (nSPS) is 15.7. The van der Waals surface area contributed by atoms with Crippen LogP contribution in [-0.4, -0.2) is 44.4 Å². The molecule has 3 rings (SSSR count). The molecule has 1 amide bonds. The van der Waals surface area contributed by atoms with Crippen LogP contribution in [0.15, 0.2) is 47.4 Å². The predicted octanol–water partition coefficient (Wildman–Crippen LogP) is 3.06. The number of fused-ring (bicyclic) bond motifs is 1. The predicted molar refractivity (Wildman–Crippen MR) is 111 cm³/mol. The molecular formula is C21H26N2O5S. The minimum absolute atomic E-state index is 0.107. The van der Waals surface area contributed by atoms with Gasteiger partial charge >= 0.3 is 0 Å². The fraction of sp³-hybridized carbons (Fsp3) is 0.381. The SMILES string of the molecule is CCOc1ccc(S(=O)(=O)N(CC)CC)cc1NC(=O)C1Cc2ccccc2O1. The Hall–Kier alpha value is -2.58. The minimum Gasteiger partial charge on any atom is -0.492 e. The lowest BCUT2D eigenvalue weighted by Gasteiger charge is -2.20. The summed E-state index contributed by atoms with van der Waals surface area (Å²) in [7, 11) is -3.66. The largest absolute Gasteiger partial charge is 0.492 e. The number of anilines is 1. The molecule has 1 unspecified atom stereocenters. The average Bonchev–Trinajstić information content (AvgIpc) is 3.14. The topological polar surface area (TPSA) is 84.9 Å². The van der Waals surface area contributed by atoms with Gasteiger partial charge in [-0.3, -0.25) is 4.79 Å². The fourth-order valence-electron chi connectivity index (χ4n) is 3.30. The fourth-order valence-corrected chi connectivity index (χ4v) is 4.79. The van der Waals surface area contributed by atoms with Crippen molar-refractivity contribution in [2.45, 2.75) is 38.2 Å². The maximum absolute atomic E-state index is 12.9. The van der Waals surface area contributed by atoms with Crippen LogP contribution in [-0.2, 0) is 21.2 Å². The number of sulfonamides is 1. The summed E-state index contributed by atoms with van der Waals surface area (Å²) < 4.78 is 38.4. The molecule has 7 nitrogen and oxygen atoms in total. The Morgan fingerprint density at radius 1 is 1.17 bits per heavy atom. The number of benzene rings is 2. The molecule has 0 saturated carbocycles. The van der Waals surface area contributed by atoms with E-state index in [0.29, 0.717) is 43.3 Å². The van der Waals surface area contributed by atoms with E-state index in [0.717, 1.165) is 5.56 Å². The number of nitrogens with one attached hydrogen (secondary N) is 1. The smallest absolute Gasteiger partial charge is 0.265 e. The molecule has 1 heterocycles. The first-order chi connectivity index (χ1) is 13.9. The van der Waals surface area contributed by atoms with E-state index in [2.05, 4.69) is 5.32 Å². The van der Waals surface area contributed by atoms with E-state index < -0.39 is 16.1 Å². The summed E-state index contributed by atoms with van der Waals surface area (Å²) in [5.41, 5.74) is 1.28. The van der Waals surface area contributed by atoms with Crippen LogP contribution in [0, 0.1) is 0 Å². The lowest BCUT2D eigenvalue weighted by Crippen LogP contribution is -2.32. The number of carbonyl (C=O) groups excluding carboxylic acids is 1. The molecule has 1 aliphatic rings. The molecule has 0 saturated heterocycles. The zero-order valence-electron chi connectivity index (χ0n) is 16.8. The Morgan fingerprint density at radius 3 is 2.55 bits per heavy atom. The second kappa shape index (κ2) is 8.84. The summed E-state index contributed by atoms with van der Waals surface area (Å²) >= 11 is 0. The van der Waals surface area contributed by atoms with Crippen LogP contribution >= 0.6 is 0 Å². The Morgan fingerprint density at radius 2 is 1.90 bits per heavy atom. The standard InChI is InChI=1S/C21H26N2O5S/c1-4-23(5-2)29(25,26)16-11-12-19(27-6-3)17(14-16)22-21(24)20-13-15-9-7-8-10-18(15)28-20/h7-12,14,20H,4-6,13H2,1-3H3,(H,22,24). The van der Waals surface area contributed by atoms with Crippen molar-refractivity contribution in [3.8, 4) is 11.5 Å². The van der Waals surface area contributed by atoms with Crippen molar-refractivity contribution >= 4 is 21.6 Å². The maximum atomic E-state index is 12.9. The van der Waals surface area contributed by atoms with Gasteiger partial charge in [-0.05, 0) is 36.8 Å². The molecule has 2 aromatic carbocycles. The Balaban J connectivity index is 1.86. The highest BCUT2D eigenvalue weighted by atomic mass is 32.2. The summed E-state index contributed by atoms with van der Waals surface area (Å²) in [6.07, 6.45) is -0.214. The average molecular weight is 419 g/mol. The highest BCUT2D eigenvalue weighted by molar-refractivity contribution is 7.89. The number of amides is 1. The van der Waals surface area contributed by atoms with E-state index >= 15 is 0 Å². The molecular weight excluding hydrogens is 392 g/mol. The summed E-state index contributed by atoms with van der Waals surface area (Å²) in [6.45, 7) is 6.50. The highest BCUT2D eigenvalue weighted by Crippen LogP contribution is 2.32. The minimum atomic E-state index is -3.66. The molecule has 0 aromatic heterocycles. The summed E-state index contributed by atoms with van der Waals surface area (Å²) in [4.78, 5) is 12.9. The van der Waals surface area contributed by atoms with E-state index in [-0.39, 0.29) is 10.8 Å². The van der Waals surface area contributed by atoms with Gasteiger partial charge < -0.3 is 14.8 Å². The highest BCUT2D eigenvalue weighted by Gasteiger charge is 2.30. The van der Waals surface area contributed by atoms with Crippen molar-refractivity contribution < 1.29 is 22.7 Å². The number of nitrogens with zero attached hydrogens (tertiary/aromatic N) is 1. The summed E-state index contributed by atoms with van der Waals surface area (Å²) in [5, 5.41) is 2.79. The second-order valence-electron chi connectivity index (χ2n) is 6.59. The summed E-state index contributed by atoms with van der Waals surface area (Å²) in [5.74, 6) is 0.755. The van der Waals surface area contributed by atoms with Gasteiger partial charge in [0.15, 0.2) is 6.10 Å². The van der Waals surface area contributed by atoms with E-state index in [1.165, 1.54) is 16.4 Å². The van der Waals surface area contributed by atoms with Crippen LogP contribution in [0.3, 0.4) is 0 Å². The molecule has 0 spiro atoms. The third-order valence-corrected chi connectivity index (χ3v) is 6.84. The lowest BCUT2D eigenvalue weighted by atomic mass is 10.1. The number of carbonyl (C=O) groups is 1. The number of para-hydroxylation sites is 1. The molecule has 8 heteroatoms. The molecule has 29 heavy (non-hydrogen) atoms. The van der Waals surface area contributed by atoms with Gasteiger partial charge in [0, 0.05) is 19.5 Å². The van der Waals surface area contributed by atoms with Crippen LogP contribution in [0.2, 0.25) is 0 Å². The molecule has 156 valence electrons. The van der Waals surface area contributed by atoms with Gasteiger partial charge in [-0.2, -0.15) is 4.31 Å². The monoisotopic (exact) mass is 418 g/mol. The van der Waals surface area contributed by atoms with E-state index in [1.807, 2.05) is 31.2 Å². The van der Waals surface area contributed by atoms with Crippen LogP contribution in [0.25, 0.3) is 0 Å². The van der Waals surface area contributed by atoms with E-state index in [1.54, 1.807) is 19.9 Å². The first kappa shape index (κ1) is 21.1. The molecule has 1 atom stereocenters. The van der Waals surface area contributed by atoms with E-state index in [9.17, 15) is 13.2 Å². The summed E-state index contributed by atoms with van der Waals surface area (Å²) in [6, 6.07) is 12.0. The molecule has 0 fully saturated rings. The first-order valence-corrected chi connectivity index (χ1v) is 11.2. The molecule has 0 aliphatic carbocycles. The third-order valence-electron chi connectivity index (χ3n) is 4.79. The maximum Gasteiger partial charge on any atom is 0.265 e. The van der Waals surface area contributed by atoms with Crippen LogP contribution in [0.4, 0.5) is 5.69 Å². The van der Waals surface area contributed by atoms with Gasteiger partial charge in [-0.1, -0.05) is 32.0 Å². The van der Waals surface area contributed by atoms with Gasteiger partial charge in [0.1, 0.15) is 11.5 Å². The number of hydrogen-bond donors (Lipinski definition) is 1. The van der Waals surface area contributed by atoms with Crippen molar-refractivity contribution in [3.63, 3.8) is 0 Å². The van der Waals surface area contributed by atoms with Crippen molar-refractivity contribution in [3.05, 3.63) is 48.0 Å². The van der Waals surface area contributed by atoms with Crippen LogP contribution in [0.5, 0.6) is 11.5 Å². The zero-order chi connectivity index (χ0) is 21.0. The molecule has 0 radical (unpaired) electrons. The van der Waals surface area contributed by atoms with Crippen molar-refractivity contribution in [1.82, 2.24) is 4.31 Å². The van der Waals surface area contributed by atoms with Crippen molar-refractivity contribution in [2.75, 3.05) is 25.0 Å². The zero-order valence-corrected chi connectivity index (χ0v) is 17.7. The van der Waals surface area contributed by atoms with Crippen molar-refractivity contribution in [1.29, 1.82) is 0 Å². The number of hydrogen-bond acceptors (Lipinski definition) is 5. The Bertz CT molecular complexity index is 961. The van der Waals surface area contributed by atoms with Crippen molar-refractivity contribution in [2.24, 2.45) is 0 Å².